The van der Waals surface area contributed by atoms with Crippen molar-refractivity contribution in [1.29, 1.82) is 0 Å². The zero-order chi connectivity index (χ0) is 16.4. The number of rotatable bonds is 5. The highest BCUT2D eigenvalue weighted by molar-refractivity contribution is 5.86. The van der Waals surface area contributed by atoms with Gasteiger partial charge in [0.25, 0.3) is 0 Å². The number of likely N-dealkylation sites (N-methyl/N-ethyl adjacent to an activating group) is 1. The third-order valence-corrected chi connectivity index (χ3v) is 3.82. The van der Waals surface area contributed by atoms with Crippen LogP contribution in [-0.4, -0.2) is 54.5 Å². The number of hydrogen-bond donors (Lipinski definition) is 1. The van der Waals surface area contributed by atoms with Crippen LogP contribution < -0.4 is 9.47 Å². The fourth-order valence-electron chi connectivity index (χ4n) is 2.60. The summed E-state index contributed by atoms with van der Waals surface area (Å²) in [5, 5.41) is 12.4. The molecule has 1 saturated heterocycles. The van der Waals surface area contributed by atoms with E-state index in [1.54, 1.807) is 25.3 Å². The predicted molar refractivity (Wildman–Crippen MR) is 82.0 cm³/mol. The predicted octanol–water partition coefficient (Wildman–Crippen LogP) is 2.13. The second-order valence-electron chi connectivity index (χ2n) is 5.54. The lowest BCUT2D eigenvalue weighted by atomic mass is 10.1. The normalized spacial score (nSPS) is 18.1. The Bertz CT molecular complexity index is 712. The van der Waals surface area contributed by atoms with Gasteiger partial charge in [-0.1, -0.05) is 5.16 Å². The number of methoxy groups -OCH3 is 1. The first-order valence-corrected chi connectivity index (χ1v) is 7.30. The van der Waals surface area contributed by atoms with Gasteiger partial charge in [-0.25, -0.2) is 4.79 Å². The van der Waals surface area contributed by atoms with Gasteiger partial charge in [-0.15, -0.1) is 0 Å². The van der Waals surface area contributed by atoms with Crippen molar-refractivity contribution in [3.8, 4) is 22.8 Å². The van der Waals surface area contributed by atoms with Gasteiger partial charge < -0.3 is 24.0 Å². The third kappa shape index (κ3) is 3.29. The number of nitrogens with zero attached hydrogens (tertiary/aromatic N) is 2. The molecule has 1 atom stereocenters. The molecule has 1 unspecified atom stereocenters. The van der Waals surface area contributed by atoms with Crippen molar-refractivity contribution in [1.82, 2.24) is 10.1 Å². The number of benzene rings is 1. The highest BCUT2D eigenvalue weighted by atomic mass is 16.5. The van der Waals surface area contributed by atoms with Crippen molar-refractivity contribution in [3.63, 3.8) is 0 Å². The molecule has 7 nitrogen and oxygen atoms in total. The molecule has 1 fully saturated rings. The van der Waals surface area contributed by atoms with Crippen molar-refractivity contribution >= 4 is 5.97 Å². The van der Waals surface area contributed by atoms with Gasteiger partial charge in [0.2, 0.25) is 0 Å². The summed E-state index contributed by atoms with van der Waals surface area (Å²) in [6.07, 6.45) is 1.12. The third-order valence-electron chi connectivity index (χ3n) is 3.82. The minimum Gasteiger partial charge on any atom is -0.493 e. The van der Waals surface area contributed by atoms with Gasteiger partial charge in [-0.2, -0.15) is 0 Å². The Morgan fingerprint density at radius 1 is 1.39 bits per heavy atom. The number of aromatic carboxylic acids is 1. The Hall–Kier alpha value is -2.54. The fourth-order valence-corrected chi connectivity index (χ4v) is 2.60. The molecule has 3 rings (SSSR count). The smallest absolute Gasteiger partial charge is 0.358 e. The maximum absolute atomic E-state index is 10.9. The Kier molecular flexibility index (Phi) is 4.20. The average molecular weight is 318 g/mol. The first-order valence-electron chi connectivity index (χ1n) is 7.30. The highest BCUT2D eigenvalue weighted by Crippen LogP contribution is 2.34. The molecular formula is C16H18N2O5. The van der Waals surface area contributed by atoms with Gasteiger partial charge in [0.15, 0.2) is 23.0 Å². The quantitative estimate of drug-likeness (QED) is 0.904. The van der Waals surface area contributed by atoms with E-state index in [4.69, 9.17) is 19.1 Å². The summed E-state index contributed by atoms with van der Waals surface area (Å²) in [5.41, 5.74) is 0.547. The molecule has 7 heteroatoms. The largest absolute Gasteiger partial charge is 0.493 e. The monoisotopic (exact) mass is 318 g/mol. The molecule has 0 radical (unpaired) electrons. The summed E-state index contributed by atoms with van der Waals surface area (Å²) >= 11 is 0. The van der Waals surface area contributed by atoms with Crippen LogP contribution in [0.4, 0.5) is 0 Å². The standard InChI is InChI=1S/C16H18N2O5/c1-18-6-5-11(9-18)22-13-4-3-10(7-15(13)21-2)14-8-12(16(19)20)17-23-14/h3-4,7-8,11H,5-6,9H2,1-2H3,(H,19,20). The van der Waals surface area contributed by atoms with E-state index in [1.807, 2.05) is 0 Å². The van der Waals surface area contributed by atoms with Gasteiger partial charge >= 0.3 is 5.97 Å². The second-order valence-corrected chi connectivity index (χ2v) is 5.54. The summed E-state index contributed by atoms with van der Waals surface area (Å²) in [5.74, 6) is 0.477. The van der Waals surface area contributed by atoms with Gasteiger partial charge in [0, 0.05) is 24.7 Å². The highest BCUT2D eigenvalue weighted by Gasteiger charge is 2.22. The Labute approximate surface area is 133 Å². The second kappa shape index (κ2) is 6.29. The van der Waals surface area contributed by atoms with E-state index in [2.05, 4.69) is 17.1 Å². The Morgan fingerprint density at radius 3 is 2.83 bits per heavy atom. The summed E-state index contributed by atoms with van der Waals surface area (Å²) in [7, 11) is 3.63. The molecule has 23 heavy (non-hydrogen) atoms. The van der Waals surface area contributed by atoms with Gasteiger partial charge in [0.05, 0.1) is 7.11 Å². The summed E-state index contributed by atoms with van der Waals surface area (Å²) in [6.45, 7) is 1.90. The van der Waals surface area contributed by atoms with Crippen LogP contribution in [0.25, 0.3) is 11.3 Å². The number of carboxylic acid groups (broad SMARTS) is 1. The maximum atomic E-state index is 10.9. The van der Waals surface area contributed by atoms with Crippen molar-refractivity contribution in [2.45, 2.75) is 12.5 Å². The van der Waals surface area contributed by atoms with Crippen LogP contribution in [0.15, 0.2) is 28.8 Å². The van der Waals surface area contributed by atoms with Crippen molar-refractivity contribution < 1.29 is 23.9 Å². The minimum atomic E-state index is -1.13. The molecule has 122 valence electrons. The fraction of sp³-hybridized carbons (Fsp3) is 0.375. The summed E-state index contributed by atoms with van der Waals surface area (Å²) in [6, 6.07) is 6.72. The molecular weight excluding hydrogens is 300 g/mol. The molecule has 0 bridgehead atoms. The first-order chi connectivity index (χ1) is 11.1. The van der Waals surface area contributed by atoms with E-state index in [0.29, 0.717) is 22.8 Å². The van der Waals surface area contributed by atoms with Crippen LogP contribution in [-0.2, 0) is 0 Å². The minimum absolute atomic E-state index is 0.131. The molecule has 1 aromatic carbocycles. The van der Waals surface area contributed by atoms with Crippen LogP contribution >= 0.6 is 0 Å². The number of aromatic nitrogens is 1. The molecule has 0 spiro atoms. The van der Waals surface area contributed by atoms with E-state index < -0.39 is 5.97 Å². The Balaban J connectivity index is 1.82. The molecule has 1 aromatic heterocycles. The zero-order valence-corrected chi connectivity index (χ0v) is 13.0. The number of likely N-dealkylation sites (tertiary alicyclic amines) is 1. The molecule has 2 aromatic rings. The van der Waals surface area contributed by atoms with Crippen LogP contribution in [0.3, 0.4) is 0 Å². The lowest BCUT2D eigenvalue weighted by Gasteiger charge is -2.16. The molecule has 0 amide bonds. The van der Waals surface area contributed by atoms with Crippen LogP contribution in [0, 0.1) is 0 Å². The molecule has 0 saturated carbocycles. The van der Waals surface area contributed by atoms with Crippen molar-refractivity contribution in [2.24, 2.45) is 0 Å². The summed E-state index contributed by atoms with van der Waals surface area (Å²) in [4.78, 5) is 13.1. The molecule has 2 heterocycles. The van der Waals surface area contributed by atoms with E-state index in [0.717, 1.165) is 19.5 Å². The van der Waals surface area contributed by atoms with E-state index in [1.165, 1.54) is 6.07 Å². The van der Waals surface area contributed by atoms with Gasteiger partial charge in [0.1, 0.15) is 6.10 Å². The van der Waals surface area contributed by atoms with Gasteiger partial charge in [-0.3, -0.25) is 0 Å². The number of ether oxygens (including phenoxy) is 2. The number of carboxylic acids is 1. The van der Waals surface area contributed by atoms with E-state index in [-0.39, 0.29) is 11.8 Å². The van der Waals surface area contributed by atoms with E-state index >= 15 is 0 Å². The Morgan fingerprint density at radius 2 is 2.22 bits per heavy atom. The number of carbonyl (C=O) groups is 1. The van der Waals surface area contributed by atoms with Crippen molar-refractivity contribution in [2.75, 3.05) is 27.2 Å². The first kappa shape index (κ1) is 15.4. The summed E-state index contributed by atoms with van der Waals surface area (Å²) < 4.78 is 16.4. The van der Waals surface area contributed by atoms with E-state index in [9.17, 15) is 4.79 Å². The SMILES string of the molecule is COc1cc(-c2cc(C(=O)O)no2)ccc1OC1CCN(C)C1. The topological polar surface area (TPSA) is 85.0 Å². The van der Waals surface area contributed by atoms with Crippen molar-refractivity contribution in [3.05, 3.63) is 30.0 Å². The molecule has 1 aliphatic rings. The lowest BCUT2D eigenvalue weighted by Crippen LogP contribution is -2.21. The average Bonchev–Trinajstić information content (AvgIpc) is 3.17. The molecule has 0 aliphatic carbocycles. The lowest BCUT2D eigenvalue weighted by molar-refractivity contribution is 0.0686. The molecule has 1 N–H and O–H groups in total. The van der Waals surface area contributed by atoms with Crippen LogP contribution in [0.2, 0.25) is 0 Å². The maximum Gasteiger partial charge on any atom is 0.358 e. The van der Waals surface area contributed by atoms with Gasteiger partial charge in [-0.05, 0) is 31.7 Å². The molecule has 1 aliphatic heterocycles. The number of hydrogen-bond acceptors (Lipinski definition) is 6. The van der Waals surface area contributed by atoms with Crippen LogP contribution in [0.5, 0.6) is 11.5 Å². The zero-order valence-electron chi connectivity index (χ0n) is 13.0. The van der Waals surface area contributed by atoms with Crippen LogP contribution in [0.1, 0.15) is 16.9 Å².